The highest BCUT2D eigenvalue weighted by Gasteiger charge is 2.58. The number of imide groups is 1. The van der Waals surface area contributed by atoms with Crippen molar-refractivity contribution in [1.29, 1.82) is 0 Å². The number of rotatable bonds is 5. The molecule has 0 radical (unpaired) electrons. The normalized spacial score (nSPS) is 26.2. The SMILES string of the molecule is COCC1=C2B(O)O[C@H](c3ccccc3O)C[C@H]2[C@H]2C(=O)N(c3cccc(B(O)O)c3)C(=O)[C@H]2C1. The van der Waals surface area contributed by atoms with E-state index >= 15 is 0 Å². The maximum Gasteiger partial charge on any atom is 0.488 e. The maximum absolute atomic E-state index is 13.7. The highest BCUT2D eigenvalue weighted by atomic mass is 16.5. The Kier molecular flexibility index (Phi) is 6.28. The van der Waals surface area contributed by atoms with Gasteiger partial charge < -0.3 is 29.6 Å². The molecule has 4 atom stereocenters. The average Bonchev–Trinajstić information content (AvgIpc) is 3.09. The van der Waals surface area contributed by atoms with Crippen molar-refractivity contribution >= 4 is 37.2 Å². The lowest BCUT2D eigenvalue weighted by atomic mass is 9.55. The van der Waals surface area contributed by atoms with E-state index in [2.05, 4.69) is 0 Å². The first-order valence-corrected chi connectivity index (χ1v) is 11.5. The van der Waals surface area contributed by atoms with Crippen LogP contribution in [0.1, 0.15) is 24.5 Å². The molecule has 0 saturated carbocycles. The van der Waals surface area contributed by atoms with Crippen LogP contribution >= 0.6 is 0 Å². The van der Waals surface area contributed by atoms with E-state index in [1.807, 2.05) is 0 Å². The van der Waals surface area contributed by atoms with E-state index in [4.69, 9.17) is 9.39 Å². The maximum atomic E-state index is 13.7. The van der Waals surface area contributed by atoms with Gasteiger partial charge in [-0.25, -0.2) is 0 Å². The number of benzene rings is 2. The zero-order valence-corrected chi connectivity index (χ0v) is 19.1. The topological polar surface area (TPSA) is 137 Å². The third-order valence-electron chi connectivity index (χ3n) is 7.24. The Morgan fingerprint density at radius 1 is 1.11 bits per heavy atom. The Morgan fingerprint density at radius 3 is 2.60 bits per heavy atom. The summed E-state index contributed by atoms with van der Waals surface area (Å²) in [6.45, 7) is 0.185. The molecule has 4 N–H and O–H groups in total. The summed E-state index contributed by atoms with van der Waals surface area (Å²) in [6, 6.07) is 12.7. The summed E-state index contributed by atoms with van der Waals surface area (Å²) in [5, 5.41) is 40.5. The number of hydrogen-bond acceptors (Lipinski definition) is 8. The summed E-state index contributed by atoms with van der Waals surface area (Å²) in [5.74, 6) is -2.64. The largest absolute Gasteiger partial charge is 0.508 e. The predicted molar refractivity (Wildman–Crippen MR) is 127 cm³/mol. The third kappa shape index (κ3) is 3.99. The molecule has 1 aliphatic carbocycles. The van der Waals surface area contributed by atoms with Crippen molar-refractivity contribution in [3.05, 3.63) is 65.1 Å². The quantitative estimate of drug-likeness (QED) is 0.357. The summed E-state index contributed by atoms with van der Waals surface area (Å²) in [7, 11) is -1.53. The van der Waals surface area contributed by atoms with Gasteiger partial charge in [0.05, 0.1) is 30.2 Å². The fourth-order valence-corrected chi connectivity index (χ4v) is 5.76. The van der Waals surface area contributed by atoms with Gasteiger partial charge in [0.2, 0.25) is 11.8 Å². The lowest BCUT2D eigenvalue weighted by molar-refractivity contribution is -0.123. The van der Waals surface area contributed by atoms with Crippen LogP contribution in [0, 0.1) is 17.8 Å². The van der Waals surface area contributed by atoms with Crippen LogP contribution in [-0.4, -0.2) is 59.9 Å². The van der Waals surface area contributed by atoms with Crippen molar-refractivity contribution in [2.45, 2.75) is 18.9 Å². The average molecular weight is 477 g/mol. The lowest BCUT2D eigenvalue weighted by Gasteiger charge is -2.42. The number of allylic oxidation sites excluding steroid dienone is 1. The second-order valence-electron chi connectivity index (χ2n) is 9.19. The Labute approximate surface area is 202 Å². The standard InChI is InChI=1S/C24H25B2NO8/c1-34-12-13-9-18-21(24(30)27(23(18)29)15-6-4-5-14(10-15)25(31)32)17-11-20(35-26(33)22(13)17)16-7-2-3-8-19(16)28/h2-8,10,17-18,20-21,28,31-33H,9,11-12H2,1H3/t17-,18-,20-,21+/m0/s1. The Balaban J connectivity index is 1.55. The van der Waals surface area contributed by atoms with Crippen LogP contribution in [0.3, 0.4) is 0 Å². The minimum atomic E-state index is -1.74. The number of phenols is 1. The van der Waals surface area contributed by atoms with Gasteiger partial charge in [-0.2, -0.15) is 0 Å². The van der Waals surface area contributed by atoms with Gasteiger partial charge in [-0.05, 0) is 53.5 Å². The molecule has 0 spiro atoms. The van der Waals surface area contributed by atoms with Crippen LogP contribution in [0.15, 0.2) is 59.6 Å². The first-order valence-electron chi connectivity index (χ1n) is 11.5. The fraction of sp³-hybridized carbons (Fsp3) is 0.333. The van der Waals surface area contributed by atoms with Gasteiger partial charge in [-0.1, -0.05) is 30.3 Å². The van der Waals surface area contributed by atoms with E-state index in [0.717, 1.165) is 10.5 Å². The number of nitrogens with zero attached hydrogens (tertiary/aromatic N) is 1. The second-order valence-corrected chi connectivity index (χ2v) is 9.19. The summed E-state index contributed by atoms with van der Waals surface area (Å²) >= 11 is 0. The smallest absolute Gasteiger partial charge is 0.488 e. The molecule has 2 fully saturated rings. The first-order chi connectivity index (χ1) is 16.8. The number of anilines is 1. The summed E-state index contributed by atoms with van der Waals surface area (Å²) in [6.07, 6.45) is -0.136. The van der Waals surface area contributed by atoms with Gasteiger partial charge in [0, 0.05) is 12.7 Å². The van der Waals surface area contributed by atoms with E-state index in [1.54, 1.807) is 30.3 Å². The number of para-hydroxylation sites is 1. The molecule has 2 heterocycles. The molecule has 35 heavy (non-hydrogen) atoms. The molecule has 2 aromatic rings. The molecule has 0 unspecified atom stereocenters. The monoisotopic (exact) mass is 477 g/mol. The van der Waals surface area contributed by atoms with Gasteiger partial charge >= 0.3 is 14.2 Å². The molecule has 11 heteroatoms. The molecule has 2 aliphatic heterocycles. The molecule has 2 aromatic carbocycles. The molecule has 3 aliphatic rings. The molecule has 2 amide bonds. The van der Waals surface area contributed by atoms with E-state index in [9.17, 15) is 29.8 Å². The number of aromatic hydroxyl groups is 1. The van der Waals surface area contributed by atoms with Gasteiger partial charge in [0.25, 0.3) is 0 Å². The zero-order valence-electron chi connectivity index (χ0n) is 19.1. The second kappa shape index (κ2) is 9.25. The number of carbonyl (C=O) groups is 2. The molecule has 9 nitrogen and oxygen atoms in total. The number of amides is 2. The molecule has 180 valence electrons. The number of hydrogen-bond donors (Lipinski definition) is 4. The van der Waals surface area contributed by atoms with E-state index in [1.165, 1.54) is 25.3 Å². The fourth-order valence-electron chi connectivity index (χ4n) is 5.76. The lowest BCUT2D eigenvalue weighted by Crippen LogP contribution is -2.45. The van der Waals surface area contributed by atoms with E-state index in [0.29, 0.717) is 17.5 Å². The van der Waals surface area contributed by atoms with Crippen LogP contribution < -0.4 is 10.4 Å². The van der Waals surface area contributed by atoms with E-state index < -0.39 is 44.0 Å². The Bertz CT molecular complexity index is 1200. The number of fused-ring (bicyclic) bond motifs is 3. The molecule has 2 saturated heterocycles. The van der Waals surface area contributed by atoms with Crippen molar-refractivity contribution in [2.24, 2.45) is 17.8 Å². The van der Waals surface area contributed by atoms with Crippen LogP contribution in [0.25, 0.3) is 0 Å². The van der Waals surface area contributed by atoms with Crippen LogP contribution in [-0.2, 0) is 19.0 Å². The van der Waals surface area contributed by atoms with Crippen molar-refractivity contribution in [3.63, 3.8) is 0 Å². The van der Waals surface area contributed by atoms with Crippen molar-refractivity contribution < 1.29 is 39.2 Å². The highest BCUT2D eigenvalue weighted by molar-refractivity contribution is 6.58. The van der Waals surface area contributed by atoms with Gasteiger partial charge in [-0.3, -0.25) is 14.5 Å². The highest BCUT2D eigenvalue weighted by Crippen LogP contribution is 2.52. The third-order valence-corrected chi connectivity index (χ3v) is 7.24. The summed E-state index contributed by atoms with van der Waals surface area (Å²) in [4.78, 5) is 28.4. The first kappa shape index (κ1) is 23.8. The minimum absolute atomic E-state index is 0.0245. The Morgan fingerprint density at radius 2 is 1.89 bits per heavy atom. The van der Waals surface area contributed by atoms with E-state index in [-0.39, 0.29) is 35.8 Å². The van der Waals surface area contributed by atoms with Gasteiger partial charge in [0.1, 0.15) is 5.75 Å². The van der Waals surface area contributed by atoms with Crippen LogP contribution in [0.4, 0.5) is 5.69 Å². The number of phenolic OH excluding ortho intramolecular Hbond substituents is 1. The van der Waals surface area contributed by atoms with Gasteiger partial charge in [0.15, 0.2) is 0 Å². The number of methoxy groups -OCH3 is 1. The molecule has 0 aromatic heterocycles. The molecular weight excluding hydrogens is 452 g/mol. The Hall–Kier alpha value is -2.95. The van der Waals surface area contributed by atoms with Crippen LogP contribution in [0.2, 0.25) is 0 Å². The van der Waals surface area contributed by atoms with Crippen LogP contribution in [0.5, 0.6) is 5.75 Å². The van der Waals surface area contributed by atoms with Crippen molar-refractivity contribution in [3.8, 4) is 5.75 Å². The molecular formula is C24H25B2NO8. The van der Waals surface area contributed by atoms with Crippen molar-refractivity contribution in [2.75, 3.05) is 18.6 Å². The number of carbonyl (C=O) groups excluding carboxylic acids is 2. The summed E-state index contributed by atoms with van der Waals surface area (Å²) in [5.41, 5.74) is 2.21. The summed E-state index contributed by atoms with van der Waals surface area (Å²) < 4.78 is 11.2. The molecule has 0 bridgehead atoms. The number of ether oxygens (including phenoxy) is 1. The molecule has 5 rings (SSSR count). The zero-order chi connectivity index (χ0) is 24.9. The van der Waals surface area contributed by atoms with Crippen molar-refractivity contribution in [1.82, 2.24) is 0 Å². The van der Waals surface area contributed by atoms with Gasteiger partial charge in [-0.15, -0.1) is 0 Å². The predicted octanol–water partition coefficient (Wildman–Crippen LogP) is 0.322. The minimum Gasteiger partial charge on any atom is -0.508 e.